The highest BCUT2D eigenvalue weighted by Crippen LogP contribution is 2.30. The number of β-amino-alcohol motifs (C(OH)–C–C–N with tert-alkyl or cyclic N) is 1. The first-order valence-corrected chi connectivity index (χ1v) is 7.40. The standard InChI is InChI=1S/C15H21N5O/c1-10-8-12(14-16-9-11(2)18-14)19-15(17-10)13-4-3-5-20(13)6-7-21/h8-9,13,21H,3-7H2,1-2H3,(H,16,18)/t13-/m0/s1. The summed E-state index contributed by atoms with van der Waals surface area (Å²) in [5.41, 5.74) is 2.80. The zero-order valence-corrected chi connectivity index (χ0v) is 12.5. The third kappa shape index (κ3) is 2.96. The summed E-state index contributed by atoms with van der Waals surface area (Å²) in [4.78, 5) is 19.1. The Hall–Kier alpha value is -1.79. The van der Waals surface area contributed by atoms with Crippen molar-refractivity contribution in [3.63, 3.8) is 0 Å². The number of aliphatic hydroxyl groups excluding tert-OH is 1. The van der Waals surface area contributed by atoms with E-state index in [1.165, 1.54) is 0 Å². The van der Waals surface area contributed by atoms with E-state index in [1.807, 2.05) is 19.9 Å². The van der Waals surface area contributed by atoms with E-state index in [9.17, 15) is 5.11 Å². The first-order valence-electron chi connectivity index (χ1n) is 7.40. The second-order valence-corrected chi connectivity index (χ2v) is 5.59. The number of rotatable bonds is 4. The molecule has 0 bridgehead atoms. The van der Waals surface area contributed by atoms with Crippen LogP contribution in [0.2, 0.25) is 0 Å². The van der Waals surface area contributed by atoms with Crippen LogP contribution < -0.4 is 0 Å². The van der Waals surface area contributed by atoms with Crippen LogP contribution in [0.25, 0.3) is 11.5 Å². The second-order valence-electron chi connectivity index (χ2n) is 5.59. The average Bonchev–Trinajstić information content (AvgIpc) is 3.07. The van der Waals surface area contributed by atoms with Crippen molar-refractivity contribution in [1.82, 2.24) is 24.8 Å². The van der Waals surface area contributed by atoms with Gasteiger partial charge in [-0.2, -0.15) is 0 Å². The molecule has 6 nitrogen and oxygen atoms in total. The van der Waals surface area contributed by atoms with Crippen LogP contribution in [-0.4, -0.2) is 49.6 Å². The monoisotopic (exact) mass is 287 g/mol. The van der Waals surface area contributed by atoms with Gasteiger partial charge in [0, 0.05) is 24.1 Å². The number of aromatic nitrogens is 4. The van der Waals surface area contributed by atoms with Crippen LogP contribution in [0.4, 0.5) is 0 Å². The average molecular weight is 287 g/mol. The number of aryl methyl sites for hydroxylation is 2. The van der Waals surface area contributed by atoms with Crippen molar-refractivity contribution < 1.29 is 5.11 Å². The van der Waals surface area contributed by atoms with Crippen molar-refractivity contribution in [1.29, 1.82) is 0 Å². The summed E-state index contributed by atoms with van der Waals surface area (Å²) < 4.78 is 0. The molecule has 0 aromatic carbocycles. The molecule has 6 heteroatoms. The van der Waals surface area contributed by atoms with Crippen LogP contribution >= 0.6 is 0 Å². The van der Waals surface area contributed by atoms with Gasteiger partial charge in [-0.15, -0.1) is 0 Å². The Kier molecular flexibility index (Phi) is 3.98. The van der Waals surface area contributed by atoms with E-state index >= 15 is 0 Å². The third-order valence-corrected chi connectivity index (χ3v) is 3.87. The van der Waals surface area contributed by atoms with Crippen LogP contribution in [0.5, 0.6) is 0 Å². The number of likely N-dealkylation sites (tertiary alicyclic amines) is 1. The maximum atomic E-state index is 9.18. The second kappa shape index (κ2) is 5.91. The van der Waals surface area contributed by atoms with Crippen molar-refractivity contribution >= 4 is 0 Å². The van der Waals surface area contributed by atoms with Gasteiger partial charge in [-0.3, -0.25) is 4.90 Å². The molecule has 1 aliphatic heterocycles. The number of aliphatic hydroxyl groups is 1. The van der Waals surface area contributed by atoms with Crippen LogP contribution in [0.15, 0.2) is 12.3 Å². The summed E-state index contributed by atoms with van der Waals surface area (Å²) in [6.07, 6.45) is 3.97. The van der Waals surface area contributed by atoms with Gasteiger partial charge in [-0.25, -0.2) is 15.0 Å². The molecular weight excluding hydrogens is 266 g/mol. The van der Waals surface area contributed by atoms with Crippen LogP contribution in [0.3, 0.4) is 0 Å². The third-order valence-electron chi connectivity index (χ3n) is 3.87. The van der Waals surface area contributed by atoms with E-state index in [-0.39, 0.29) is 12.6 Å². The smallest absolute Gasteiger partial charge is 0.156 e. The van der Waals surface area contributed by atoms with Gasteiger partial charge >= 0.3 is 0 Å². The number of hydrogen-bond acceptors (Lipinski definition) is 5. The number of nitrogens with zero attached hydrogens (tertiary/aromatic N) is 4. The first-order chi connectivity index (χ1) is 10.2. The number of imidazole rings is 1. The van der Waals surface area contributed by atoms with Crippen molar-refractivity contribution in [3.8, 4) is 11.5 Å². The number of aromatic amines is 1. The molecule has 112 valence electrons. The molecule has 0 radical (unpaired) electrons. The van der Waals surface area contributed by atoms with Crippen molar-refractivity contribution in [3.05, 3.63) is 29.5 Å². The minimum absolute atomic E-state index is 0.173. The first kappa shape index (κ1) is 14.2. The Morgan fingerprint density at radius 2 is 2.24 bits per heavy atom. The molecule has 2 aromatic heterocycles. The van der Waals surface area contributed by atoms with Gasteiger partial charge in [0.05, 0.1) is 12.6 Å². The maximum Gasteiger partial charge on any atom is 0.156 e. The summed E-state index contributed by atoms with van der Waals surface area (Å²) in [7, 11) is 0. The lowest BCUT2D eigenvalue weighted by molar-refractivity contribution is 0.181. The molecular formula is C15H21N5O. The highest BCUT2D eigenvalue weighted by molar-refractivity contribution is 5.50. The molecule has 2 aromatic rings. The Morgan fingerprint density at radius 1 is 1.38 bits per heavy atom. The van der Waals surface area contributed by atoms with Gasteiger partial charge in [0.15, 0.2) is 5.82 Å². The summed E-state index contributed by atoms with van der Waals surface area (Å²) in [5.74, 6) is 1.62. The normalized spacial score (nSPS) is 19.3. The van der Waals surface area contributed by atoms with Gasteiger partial charge in [-0.1, -0.05) is 0 Å². The lowest BCUT2D eigenvalue weighted by Gasteiger charge is -2.22. The van der Waals surface area contributed by atoms with E-state index in [2.05, 4.69) is 19.9 Å². The predicted molar refractivity (Wildman–Crippen MR) is 79.7 cm³/mol. The Morgan fingerprint density at radius 3 is 2.95 bits per heavy atom. The molecule has 1 aliphatic rings. The van der Waals surface area contributed by atoms with E-state index in [0.29, 0.717) is 6.54 Å². The molecule has 21 heavy (non-hydrogen) atoms. The van der Waals surface area contributed by atoms with Crippen molar-refractivity contribution in [2.75, 3.05) is 19.7 Å². The lowest BCUT2D eigenvalue weighted by Crippen LogP contribution is -2.27. The number of hydrogen-bond donors (Lipinski definition) is 2. The molecule has 1 fully saturated rings. The molecule has 0 saturated carbocycles. The Bertz CT molecular complexity index is 624. The molecule has 1 atom stereocenters. The molecule has 3 heterocycles. The number of nitrogens with one attached hydrogen (secondary N) is 1. The SMILES string of the molecule is Cc1cc(-c2ncc(C)[nH]2)nc([C@@H]2CCCN2CCO)n1. The highest BCUT2D eigenvalue weighted by atomic mass is 16.3. The van der Waals surface area contributed by atoms with Gasteiger partial charge in [0.2, 0.25) is 0 Å². The fraction of sp³-hybridized carbons (Fsp3) is 0.533. The van der Waals surface area contributed by atoms with Crippen LogP contribution in [0, 0.1) is 13.8 Å². The fourth-order valence-corrected chi connectivity index (χ4v) is 2.92. The van der Waals surface area contributed by atoms with Crippen LogP contribution in [-0.2, 0) is 0 Å². The fourth-order valence-electron chi connectivity index (χ4n) is 2.92. The molecule has 0 aliphatic carbocycles. The van der Waals surface area contributed by atoms with Crippen molar-refractivity contribution in [2.45, 2.75) is 32.7 Å². The van der Waals surface area contributed by atoms with Gasteiger partial charge in [-0.05, 0) is 39.3 Å². The topological polar surface area (TPSA) is 77.9 Å². The highest BCUT2D eigenvalue weighted by Gasteiger charge is 2.28. The van der Waals surface area contributed by atoms with E-state index in [4.69, 9.17) is 4.98 Å². The lowest BCUT2D eigenvalue weighted by atomic mass is 10.2. The van der Waals surface area contributed by atoms with Crippen molar-refractivity contribution in [2.24, 2.45) is 0 Å². The zero-order chi connectivity index (χ0) is 14.8. The van der Waals surface area contributed by atoms with Gasteiger partial charge < -0.3 is 10.1 Å². The summed E-state index contributed by atoms with van der Waals surface area (Å²) in [5, 5.41) is 9.18. The van der Waals surface area contributed by atoms with Gasteiger partial charge in [0.1, 0.15) is 11.5 Å². The molecule has 0 unspecified atom stereocenters. The molecule has 0 amide bonds. The molecule has 3 rings (SSSR count). The van der Waals surface area contributed by atoms with Gasteiger partial charge in [0.25, 0.3) is 0 Å². The van der Waals surface area contributed by atoms with E-state index in [0.717, 1.165) is 48.1 Å². The summed E-state index contributed by atoms with van der Waals surface area (Å²) in [6.45, 7) is 5.81. The van der Waals surface area contributed by atoms with E-state index < -0.39 is 0 Å². The summed E-state index contributed by atoms with van der Waals surface area (Å²) >= 11 is 0. The Labute approximate surface area is 124 Å². The minimum atomic E-state index is 0.173. The minimum Gasteiger partial charge on any atom is -0.395 e. The zero-order valence-electron chi connectivity index (χ0n) is 12.5. The molecule has 2 N–H and O–H groups in total. The largest absolute Gasteiger partial charge is 0.395 e. The van der Waals surface area contributed by atoms with Crippen LogP contribution in [0.1, 0.15) is 36.1 Å². The maximum absolute atomic E-state index is 9.18. The Balaban J connectivity index is 1.94. The quantitative estimate of drug-likeness (QED) is 0.893. The number of H-pyrrole nitrogens is 1. The van der Waals surface area contributed by atoms with E-state index in [1.54, 1.807) is 6.20 Å². The molecule has 0 spiro atoms. The molecule has 1 saturated heterocycles. The predicted octanol–water partition coefficient (Wildman–Crippen LogP) is 1.61. The summed E-state index contributed by atoms with van der Waals surface area (Å²) in [6, 6.07) is 2.15.